The van der Waals surface area contributed by atoms with Gasteiger partial charge in [0.05, 0.1) is 6.61 Å². The molecule has 3 heterocycles. The topological polar surface area (TPSA) is 29.5 Å². The van der Waals surface area contributed by atoms with Gasteiger partial charge in [-0.15, -0.1) is 0 Å². The molecule has 3 aliphatic heterocycles. The lowest BCUT2D eigenvalue weighted by atomic mass is 9.72. The zero-order valence-corrected chi connectivity index (χ0v) is 9.37. The van der Waals surface area contributed by atoms with Crippen LogP contribution < -0.4 is 0 Å². The first kappa shape index (κ1) is 10.7. The third-order valence-corrected chi connectivity index (χ3v) is 3.64. The van der Waals surface area contributed by atoms with Crippen molar-refractivity contribution in [2.75, 3.05) is 26.2 Å². The van der Waals surface area contributed by atoms with Gasteiger partial charge in [0.1, 0.15) is 0 Å². The van der Waals surface area contributed by atoms with Crippen molar-refractivity contribution in [1.29, 1.82) is 0 Å². The van der Waals surface area contributed by atoms with Gasteiger partial charge in [0.15, 0.2) is 0 Å². The predicted molar refractivity (Wildman–Crippen MR) is 58.5 cm³/mol. The minimum Gasteiger partial charge on any atom is -0.463 e. The molecular weight excluding hydrogens is 190 g/mol. The van der Waals surface area contributed by atoms with E-state index in [1.54, 1.807) is 6.08 Å². The van der Waals surface area contributed by atoms with Crippen molar-refractivity contribution in [2.24, 2.45) is 5.41 Å². The molecule has 0 aliphatic carbocycles. The summed E-state index contributed by atoms with van der Waals surface area (Å²) in [5, 5.41) is 0. The molecule has 0 amide bonds. The van der Waals surface area contributed by atoms with Crippen molar-refractivity contribution >= 4 is 5.97 Å². The Balaban J connectivity index is 1.94. The maximum Gasteiger partial charge on any atom is 0.330 e. The van der Waals surface area contributed by atoms with E-state index in [-0.39, 0.29) is 5.97 Å². The van der Waals surface area contributed by atoms with Crippen molar-refractivity contribution < 1.29 is 9.53 Å². The molecule has 3 nitrogen and oxygen atoms in total. The van der Waals surface area contributed by atoms with Crippen LogP contribution in [-0.2, 0) is 9.53 Å². The van der Waals surface area contributed by atoms with E-state index in [0.29, 0.717) is 12.0 Å². The summed E-state index contributed by atoms with van der Waals surface area (Å²) in [6.45, 7) is 5.86. The molecule has 0 unspecified atom stereocenters. The summed E-state index contributed by atoms with van der Waals surface area (Å²) < 4.78 is 4.90. The quantitative estimate of drug-likeness (QED) is 0.522. The molecule has 3 aliphatic rings. The summed E-state index contributed by atoms with van der Waals surface area (Å²) in [6, 6.07) is 0. The molecule has 0 spiro atoms. The molecule has 15 heavy (non-hydrogen) atoms. The molecule has 0 saturated carbocycles. The normalized spacial score (nSPS) is 34.6. The number of esters is 1. The molecule has 0 aromatic heterocycles. The van der Waals surface area contributed by atoms with Crippen molar-refractivity contribution in [2.45, 2.75) is 26.2 Å². The highest BCUT2D eigenvalue weighted by Crippen LogP contribution is 2.41. The Bertz CT molecular complexity index is 251. The second-order valence-electron chi connectivity index (χ2n) is 4.54. The number of hydrogen-bond donors (Lipinski definition) is 0. The van der Waals surface area contributed by atoms with E-state index in [9.17, 15) is 4.79 Å². The van der Waals surface area contributed by atoms with E-state index in [0.717, 1.165) is 0 Å². The number of piperidine rings is 3. The largest absolute Gasteiger partial charge is 0.463 e. The van der Waals surface area contributed by atoms with E-state index in [1.807, 2.05) is 6.92 Å². The van der Waals surface area contributed by atoms with Crippen LogP contribution in [-0.4, -0.2) is 37.1 Å². The van der Waals surface area contributed by atoms with Crippen LogP contribution in [0.2, 0.25) is 0 Å². The molecule has 0 atom stereocenters. The predicted octanol–water partition coefficient (Wildman–Crippen LogP) is 1.59. The third-order valence-electron chi connectivity index (χ3n) is 3.64. The Morgan fingerprint density at radius 3 is 2.47 bits per heavy atom. The first-order chi connectivity index (χ1) is 7.24. The van der Waals surface area contributed by atoms with Gasteiger partial charge in [0, 0.05) is 6.08 Å². The minimum absolute atomic E-state index is 0.195. The van der Waals surface area contributed by atoms with Gasteiger partial charge in [0.2, 0.25) is 0 Å². The molecular formula is C12H19NO2. The molecule has 3 saturated heterocycles. The first-order valence-electron chi connectivity index (χ1n) is 5.82. The zero-order valence-electron chi connectivity index (χ0n) is 9.37. The lowest BCUT2D eigenvalue weighted by molar-refractivity contribution is -0.137. The SMILES string of the molecule is CCOC(=O)C=CC12CCN(CC1)CC2. The maximum absolute atomic E-state index is 11.2. The van der Waals surface area contributed by atoms with Gasteiger partial charge < -0.3 is 9.64 Å². The van der Waals surface area contributed by atoms with Crippen LogP contribution in [0.4, 0.5) is 0 Å². The number of hydrogen-bond acceptors (Lipinski definition) is 3. The van der Waals surface area contributed by atoms with Crippen LogP contribution in [0.15, 0.2) is 12.2 Å². The monoisotopic (exact) mass is 209 g/mol. The lowest BCUT2D eigenvalue weighted by Crippen LogP contribution is -2.47. The number of carbonyl (C=O) groups is 1. The van der Waals surface area contributed by atoms with Gasteiger partial charge in [0.25, 0.3) is 0 Å². The smallest absolute Gasteiger partial charge is 0.330 e. The summed E-state index contributed by atoms with van der Waals surface area (Å²) in [6.07, 6.45) is 7.32. The number of ether oxygens (including phenoxy) is 1. The van der Waals surface area contributed by atoms with Gasteiger partial charge in [-0.25, -0.2) is 4.79 Å². The average molecular weight is 209 g/mol. The Morgan fingerprint density at radius 2 is 1.93 bits per heavy atom. The second kappa shape index (κ2) is 4.35. The maximum atomic E-state index is 11.2. The fraction of sp³-hybridized carbons (Fsp3) is 0.750. The molecule has 0 radical (unpaired) electrons. The van der Waals surface area contributed by atoms with Crippen molar-refractivity contribution in [3.8, 4) is 0 Å². The molecule has 3 heteroatoms. The highest BCUT2D eigenvalue weighted by molar-refractivity contribution is 5.82. The summed E-state index contributed by atoms with van der Waals surface area (Å²) >= 11 is 0. The molecule has 0 aromatic carbocycles. The van der Waals surface area contributed by atoms with Crippen LogP contribution in [0.5, 0.6) is 0 Å². The number of carbonyl (C=O) groups excluding carboxylic acids is 1. The standard InChI is InChI=1S/C12H19NO2/c1-2-15-11(14)3-4-12-5-8-13(9-6-12)10-7-12/h3-4H,2,5-10H2,1H3. The molecule has 0 N–H and O–H groups in total. The van der Waals surface area contributed by atoms with Gasteiger partial charge in [-0.1, -0.05) is 6.08 Å². The molecule has 3 rings (SSSR count). The fourth-order valence-electron chi connectivity index (χ4n) is 2.54. The Labute approximate surface area is 91.1 Å². The molecule has 0 aromatic rings. The molecule has 3 fully saturated rings. The van der Waals surface area contributed by atoms with Crippen molar-refractivity contribution in [1.82, 2.24) is 4.90 Å². The Hall–Kier alpha value is -0.830. The lowest BCUT2D eigenvalue weighted by Gasteiger charge is -2.46. The molecule has 2 bridgehead atoms. The van der Waals surface area contributed by atoms with Gasteiger partial charge in [-0.3, -0.25) is 0 Å². The number of fused-ring (bicyclic) bond motifs is 3. The summed E-state index contributed by atoms with van der Waals surface area (Å²) in [5.74, 6) is -0.195. The molecule has 84 valence electrons. The van der Waals surface area contributed by atoms with Gasteiger partial charge >= 0.3 is 5.97 Å². The highest BCUT2D eigenvalue weighted by atomic mass is 16.5. The van der Waals surface area contributed by atoms with Crippen LogP contribution in [0.3, 0.4) is 0 Å². The zero-order chi connectivity index (χ0) is 10.7. The third kappa shape index (κ3) is 2.40. The number of rotatable bonds is 3. The Morgan fingerprint density at radius 1 is 1.33 bits per heavy atom. The minimum atomic E-state index is -0.195. The number of nitrogens with zero attached hydrogens (tertiary/aromatic N) is 1. The van der Waals surface area contributed by atoms with E-state index in [2.05, 4.69) is 11.0 Å². The van der Waals surface area contributed by atoms with Crippen LogP contribution >= 0.6 is 0 Å². The van der Waals surface area contributed by atoms with E-state index in [1.165, 1.54) is 38.9 Å². The Kier molecular flexibility index (Phi) is 3.10. The van der Waals surface area contributed by atoms with Gasteiger partial charge in [-0.2, -0.15) is 0 Å². The van der Waals surface area contributed by atoms with Crippen molar-refractivity contribution in [3.05, 3.63) is 12.2 Å². The van der Waals surface area contributed by atoms with E-state index in [4.69, 9.17) is 4.74 Å². The van der Waals surface area contributed by atoms with E-state index < -0.39 is 0 Å². The first-order valence-corrected chi connectivity index (χ1v) is 5.82. The van der Waals surface area contributed by atoms with Gasteiger partial charge in [-0.05, 0) is 51.2 Å². The average Bonchev–Trinajstić information content (AvgIpc) is 2.30. The fourth-order valence-corrected chi connectivity index (χ4v) is 2.54. The van der Waals surface area contributed by atoms with Crippen LogP contribution in [0.25, 0.3) is 0 Å². The van der Waals surface area contributed by atoms with Crippen LogP contribution in [0, 0.1) is 5.41 Å². The summed E-state index contributed by atoms with van der Waals surface area (Å²) in [5.41, 5.74) is 0.293. The second-order valence-corrected chi connectivity index (χ2v) is 4.54. The summed E-state index contributed by atoms with van der Waals surface area (Å²) in [4.78, 5) is 13.7. The van der Waals surface area contributed by atoms with Crippen LogP contribution in [0.1, 0.15) is 26.2 Å². The van der Waals surface area contributed by atoms with Crippen molar-refractivity contribution in [3.63, 3.8) is 0 Å². The highest BCUT2D eigenvalue weighted by Gasteiger charge is 2.37. The number of allylic oxidation sites excluding steroid dienone is 1. The van der Waals surface area contributed by atoms with E-state index >= 15 is 0 Å². The summed E-state index contributed by atoms with van der Waals surface area (Å²) in [7, 11) is 0.